The van der Waals surface area contributed by atoms with Crippen molar-refractivity contribution in [3.63, 3.8) is 0 Å². The van der Waals surface area contributed by atoms with Gasteiger partial charge in [-0.1, -0.05) is 0 Å². The Hall–Kier alpha value is -2.21. The summed E-state index contributed by atoms with van der Waals surface area (Å²) in [7, 11) is 0. The highest BCUT2D eigenvalue weighted by molar-refractivity contribution is 5.77. The van der Waals surface area contributed by atoms with Crippen LogP contribution < -0.4 is 20.7 Å². The summed E-state index contributed by atoms with van der Waals surface area (Å²) < 4.78 is 9.92. The summed E-state index contributed by atoms with van der Waals surface area (Å²) in [5, 5.41) is 36.9. The third-order valence-electron chi connectivity index (χ3n) is 2.66. The maximum Gasteiger partial charge on any atom is 0.328 e. The number of aromatic nitrogens is 2. The van der Waals surface area contributed by atoms with Gasteiger partial charge >= 0.3 is 5.69 Å². The molecule has 0 radical (unpaired) electrons. The van der Waals surface area contributed by atoms with Gasteiger partial charge in [-0.3, -0.25) is 19.6 Å². The first-order chi connectivity index (χ1) is 10.8. The van der Waals surface area contributed by atoms with Crippen molar-refractivity contribution in [2.75, 3.05) is 19.8 Å². The summed E-state index contributed by atoms with van der Waals surface area (Å²) in [5.41, 5.74) is -1.86. The van der Waals surface area contributed by atoms with E-state index in [0.717, 1.165) is 0 Å². The summed E-state index contributed by atoms with van der Waals surface area (Å²) in [6, 6.07) is 0. The molecule has 0 aliphatic rings. The number of aliphatic hydroxyl groups excluding tert-OH is 4. The maximum absolute atomic E-state index is 11.6. The SMILES string of the molecule is CC(=O)COc1c(OCC(O)C(O)C(O)CO)[nH]c(=O)[nH]c1=O. The lowest BCUT2D eigenvalue weighted by Gasteiger charge is -2.21. The molecular weight excluding hydrogens is 316 g/mol. The number of ether oxygens (including phenoxy) is 2. The normalized spacial score (nSPS) is 14.8. The third-order valence-corrected chi connectivity index (χ3v) is 2.66. The monoisotopic (exact) mass is 334 g/mol. The highest BCUT2D eigenvalue weighted by Gasteiger charge is 2.25. The molecule has 130 valence electrons. The number of nitrogens with one attached hydrogen (secondary N) is 2. The molecule has 0 spiro atoms. The molecule has 23 heavy (non-hydrogen) atoms. The zero-order valence-corrected chi connectivity index (χ0v) is 12.2. The number of H-pyrrole nitrogens is 2. The van der Waals surface area contributed by atoms with Crippen molar-refractivity contribution >= 4 is 5.78 Å². The van der Waals surface area contributed by atoms with Crippen LogP contribution in [0.3, 0.4) is 0 Å². The van der Waals surface area contributed by atoms with Gasteiger partial charge in [-0.2, -0.15) is 0 Å². The van der Waals surface area contributed by atoms with Crippen molar-refractivity contribution in [1.82, 2.24) is 9.97 Å². The summed E-state index contributed by atoms with van der Waals surface area (Å²) in [4.78, 5) is 37.7. The average Bonchev–Trinajstić information content (AvgIpc) is 2.49. The van der Waals surface area contributed by atoms with Crippen molar-refractivity contribution in [3.8, 4) is 11.6 Å². The molecule has 3 unspecified atom stereocenters. The number of aromatic amines is 2. The van der Waals surface area contributed by atoms with Crippen LogP contribution >= 0.6 is 0 Å². The molecule has 1 heterocycles. The van der Waals surface area contributed by atoms with Gasteiger partial charge in [0.2, 0.25) is 11.6 Å². The van der Waals surface area contributed by atoms with Crippen molar-refractivity contribution < 1.29 is 34.7 Å². The maximum atomic E-state index is 11.6. The van der Waals surface area contributed by atoms with Crippen LogP contribution in [0.25, 0.3) is 0 Å². The minimum absolute atomic E-state index is 0.386. The molecule has 0 bridgehead atoms. The number of carbonyl (C=O) groups is 1. The van der Waals surface area contributed by atoms with Crippen LogP contribution in [0.2, 0.25) is 0 Å². The first-order valence-electron chi connectivity index (χ1n) is 6.53. The van der Waals surface area contributed by atoms with E-state index in [-0.39, 0.29) is 5.78 Å². The second-order valence-corrected chi connectivity index (χ2v) is 4.68. The van der Waals surface area contributed by atoms with E-state index < -0.39 is 61.0 Å². The molecule has 0 saturated heterocycles. The van der Waals surface area contributed by atoms with Gasteiger partial charge in [-0.15, -0.1) is 0 Å². The van der Waals surface area contributed by atoms with Crippen LogP contribution in [-0.2, 0) is 4.79 Å². The van der Waals surface area contributed by atoms with Gasteiger partial charge in [-0.05, 0) is 6.92 Å². The fraction of sp³-hybridized carbons (Fsp3) is 0.583. The Kier molecular flexibility index (Phi) is 6.90. The molecule has 0 amide bonds. The van der Waals surface area contributed by atoms with E-state index >= 15 is 0 Å². The topological polar surface area (TPSA) is 182 Å². The van der Waals surface area contributed by atoms with Crippen molar-refractivity contribution in [3.05, 3.63) is 20.8 Å². The van der Waals surface area contributed by atoms with Gasteiger partial charge < -0.3 is 29.9 Å². The quantitative estimate of drug-likeness (QED) is 0.266. The predicted octanol–water partition coefficient (Wildman–Crippen LogP) is -3.52. The largest absolute Gasteiger partial charge is 0.476 e. The van der Waals surface area contributed by atoms with Crippen LogP contribution in [0.15, 0.2) is 9.59 Å². The standard InChI is InChI=1S/C12H18N2O9/c1-5(16)3-22-9-10(20)13-12(21)14-11(9)23-4-7(18)8(19)6(17)2-15/h6-8,15,17-19H,2-4H2,1H3,(H2,13,14,20,21). The Balaban J connectivity index is 2.88. The van der Waals surface area contributed by atoms with Crippen molar-refractivity contribution in [1.29, 1.82) is 0 Å². The van der Waals surface area contributed by atoms with Crippen molar-refractivity contribution in [2.45, 2.75) is 25.2 Å². The number of aliphatic hydroxyl groups is 4. The summed E-state index contributed by atoms with van der Waals surface area (Å²) in [6.45, 7) is -0.641. The molecule has 0 aromatic carbocycles. The minimum atomic E-state index is -1.71. The highest BCUT2D eigenvalue weighted by Crippen LogP contribution is 2.17. The Morgan fingerprint density at radius 3 is 2.35 bits per heavy atom. The Morgan fingerprint density at radius 2 is 1.78 bits per heavy atom. The molecule has 1 rings (SSSR count). The first-order valence-corrected chi connectivity index (χ1v) is 6.53. The lowest BCUT2D eigenvalue weighted by atomic mass is 10.1. The summed E-state index contributed by atoms with van der Waals surface area (Å²) in [6.07, 6.45) is -4.93. The number of Topliss-reactive ketones (excluding diaryl/α,β-unsaturated/α-hetero) is 1. The molecule has 0 aliphatic heterocycles. The Bertz CT molecular complexity index is 638. The van der Waals surface area contributed by atoms with Crippen LogP contribution in [0.1, 0.15) is 6.92 Å². The summed E-state index contributed by atoms with van der Waals surface area (Å²) in [5.74, 6) is -1.32. The minimum Gasteiger partial charge on any atom is -0.476 e. The number of carbonyl (C=O) groups excluding carboxylic acids is 1. The second kappa shape index (κ2) is 8.43. The summed E-state index contributed by atoms with van der Waals surface area (Å²) >= 11 is 0. The number of ketones is 1. The lowest BCUT2D eigenvalue weighted by Crippen LogP contribution is -2.42. The van der Waals surface area contributed by atoms with Crippen LogP contribution in [0, 0.1) is 0 Å². The molecule has 11 heteroatoms. The zero-order chi connectivity index (χ0) is 17.6. The van der Waals surface area contributed by atoms with Gasteiger partial charge in [0.1, 0.15) is 31.5 Å². The first kappa shape index (κ1) is 18.8. The predicted molar refractivity (Wildman–Crippen MR) is 74.5 cm³/mol. The Labute approximate surface area is 129 Å². The fourth-order valence-electron chi connectivity index (χ4n) is 1.49. The second-order valence-electron chi connectivity index (χ2n) is 4.68. The van der Waals surface area contributed by atoms with E-state index in [9.17, 15) is 29.7 Å². The number of rotatable bonds is 9. The van der Waals surface area contributed by atoms with E-state index in [4.69, 9.17) is 14.6 Å². The molecule has 11 nitrogen and oxygen atoms in total. The fourth-order valence-corrected chi connectivity index (χ4v) is 1.49. The smallest absolute Gasteiger partial charge is 0.328 e. The molecule has 1 aromatic heterocycles. The molecule has 1 aromatic rings. The average molecular weight is 334 g/mol. The molecule has 0 aliphatic carbocycles. The van der Waals surface area contributed by atoms with Gasteiger partial charge in [0.05, 0.1) is 6.61 Å². The van der Waals surface area contributed by atoms with Crippen LogP contribution in [-0.4, -0.2) is 74.3 Å². The number of hydrogen-bond acceptors (Lipinski definition) is 9. The van der Waals surface area contributed by atoms with Crippen LogP contribution in [0.4, 0.5) is 0 Å². The third kappa shape index (κ3) is 5.49. The van der Waals surface area contributed by atoms with Crippen molar-refractivity contribution in [2.24, 2.45) is 0 Å². The van der Waals surface area contributed by atoms with Gasteiger partial charge in [0.25, 0.3) is 5.56 Å². The van der Waals surface area contributed by atoms with Crippen LogP contribution in [0.5, 0.6) is 11.6 Å². The van der Waals surface area contributed by atoms with Gasteiger partial charge in [0, 0.05) is 0 Å². The highest BCUT2D eigenvalue weighted by atomic mass is 16.5. The van der Waals surface area contributed by atoms with Gasteiger partial charge in [-0.25, -0.2) is 4.79 Å². The lowest BCUT2D eigenvalue weighted by molar-refractivity contribution is -0.119. The van der Waals surface area contributed by atoms with E-state index in [0.29, 0.717) is 0 Å². The zero-order valence-electron chi connectivity index (χ0n) is 12.2. The van der Waals surface area contributed by atoms with E-state index in [1.54, 1.807) is 0 Å². The molecular formula is C12H18N2O9. The molecule has 3 atom stereocenters. The van der Waals surface area contributed by atoms with Gasteiger partial charge in [0.15, 0.2) is 5.78 Å². The van der Waals surface area contributed by atoms with E-state index in [1.807, 2.05) is 4.98 Å². The molecule has 0 fully saturated rings. The van der Waals surface area contributed by atoms with E-state index in [2.05, 4.69) is 4.98 Å². The van der Waals surface area contributed by atoms with E-state index in [1.165, 1.54) is 6.92 Å². The number of hydrogen-bond donors (Lipinski definition) is 6. The molecule has 0 saturated carbocycles. The Morgan fingerprint density at radius 1 is 1.13 bits per heavy atom. The molecule has 6 N–H and O–H groups in total.